The van der Waals surface area contributed by atoms with Crippen LogP contribution in [0.2, 0.25) is 0 Å². The van der Waals surface area contributed by atoms with Gasteiger partial charge in [0.05, 0.1) is 13.1 Å². The molecular formula is C24H21F3N4O5. The highest BCUT2D eigenvalue weighted by atomic mass is 19.4. The molecule has 9 nitrogen and oxygen atoms in total. The van der Waals surface area contributed by atoms with Crippen molar-refractivity contribution in [3.05, 3.63) is 47.7 Å². The molecule has 1 aliphatic carbocycles. The van der Waals surface area contributed by atoms with E-state index in [1.165, 1.54) is 24.1 Å². The molecule has 188 valence electrons. The molecule has 1 fully saturated rings. The van der Waals surface area contributed by atoms with E-state index in [2.05, 4.69) is 20.2 Å². The Morgan fingerprint density at radius 1 is 1.25 bits per heavy atom. The van der Waals surface area contributed by atoms with Gasteiger partial charge in [0, 0.05) is 41.6 Å². The number of alkyl halides is 3. The van der Waals surface area contributed by atoms with Crippen molar-refractivity contribution in [2.24, 2.45) is 0 Å². The quantitative estimate of drug-likeness (QED) is 0.556. The summed E-state index contributed by atoms with van der Waals surface area (Å²) < 4.78 is 52.8. The first-order chi connectivity index (χ1) is 17.2. The molecule has 0 spiro atoms. The van der Waals surface area contributed by atoms with Gasteiger partial charge in [-0.25, -0.2) is 9.78 Å². The second-order valence-corrected chi connectivity index (χ2v) is 8.52. The number of amides is 2. The van der Waals surface area contributed by atoms with E-state index in [1.807, 2.05) is 12.1 Å². The van der Waals surface area contributed by atoms with Crippen LogP contribution in [-0.4, -0.2) is 47.7 Å². The van der Waals surface area contributed by atoms with Crippen LogP contribution in [0.3, 0.4) is 0 Å². The molecule has 1 aromatic carbocycles. The lowest BCUT2D eigenvalue weighted by molar-refractivity contribution is -0.276. The summed E-state index contributed by atoms with van der Waals surface area (Å²) in [5.41, 5.74) is 4.02. The Labute approximate surface area is 203 Å². The maximum atomic E-state index is 12.6. The predicted molar refractivity (Wildman–Crippen MR) is 120 cm³/mol. The second-order valence-electron chi connectivity index (χ2n) is 8.52. The van der Waals surface area contributed by atoms with Crippen LogP contribution in [0, 0.1) is 0 Å². The van der Waals surface area contributed by atoms with Gasteiger partial charge in [0.1, 0.15) is 11.8 Å². The third kappa shape index (κ3) is 4.83. The summed E-state index contributed by atoms with van der Waals surface area (Å²) in [4.78, 5) is 28.7. The molecule has 3 heterocycles. The lowest BCUT2D eigenvalue weighted by Gasteiger charge is -2.15. The third-order valence-corrected chi connectivity index (χ3v) is 5.99. The number of nitrogens with zero attached hydrogens (tertiary/aromatic N) is 3. The highest BCUT2D eigenvalue weighted by Crippen LogP contribution is 2.40. The number of halogens is 3. The number of nitrogens with one attached hydrogen (secondary N) is 1. The first-order valence-electron chi connectivity index (χ1n) is 11.2. The number of cyclic esters (lactones) is 1. The van der Waals surface area contributed by atoms with Gasteiger partial charge in [-0.05, 0) is 49.1 Å². The van der Waals surface area contributed by atoms with E-state index in [4.69, 9.17) is 9.26 Å². The van der Waals surface area contributed by atoms with Gasteiger partial charge in [-0.2, -0.15) is 0 Å². The summed E-state index contributed by atoms with van der Waals surface area (Å²) in [6, 6.07) is 8.24. The van der Waals surface area contributed by atoms with Gasteiger partial charge in [-0.15, -0.1) is 13.2 Å². The number of ether oxygens (including phenoxy) is 2. The lowest BCUT2D eigenvalue weighted by atomic mass is 10.00. The van der Waals surface area contributed by atoms with Crippen molar-refractivity contribution in [1.82, 2.24) is 15.5 Å². The number of aryl methyl sites for hydroxylation is 1. The number of rotatable bonds is 5. The standard InChI is InChI=1S/C24H21F3N4O5/c1-13(32)29-11-17-12-31(23(33)34-17)16-5-6-18-14(9-16)3-2-4-19-21(30-36-22(18)19)15-7-8-28-20(10-15)35-24(25,26)27/h5-10,17H,2-4,11-12H2,1H3,(H,29,32). The van der Waals surface area contributed by atoms with Crippen LogP contribution in [0.4, 0.5) is 23.7 Å². The second kappa shape index (κ2) is 9.17. The average molecular weight is 502 g/mol. The Balaban J connectivity index is 1.42. The fraction of sp³-hybridized carbons (Fsp3) is 0.333. The van der Waals surface area contributed by atoms with Gasteiger partial charge in [-0.3, -0.25) is 9.69 Å². The van der Waals surface area contributed by atoms with Crippen LogP contribution in [0.5, 0.6) is 5.88 Å². The number of hydrogen-bond donors (Lipinski definition) is 1. The van der Waals surface area contributed by atoms with Gasteiger partial charge >= 0.3 is 12.5 Å². The van der Waals surface area contributed by atoms with E-state index in [9.17, 15) is 22.8 Å². The Morgan fingerprint density at radius 3 is 2.86 bits per heavy atom. The molecule has 1 aliphatic heterocycles. The van der Waals surface area contributed by atoms with Crippen molar-refractivity contribution in [1.29, 1.82) is 0 Å². The van der Waals surface area contributed by atoms with Gasteiger partial charge < -0.3 is 19.3 Å². The highest BCUT2D eigenvalue weighted by molar-refractivity contribution is 5.90. The molecule has 36 heavy (non-hydrogen) atoms. The smallest absolute Gasteiger partial charge is 0.442 e. The average Bonchev–Trinajstić information content (AvgIpc) is 3.35. The minimum absolute atomic E-state index is 0.201. The fourth-order valence-corrected chi connectivity index (χ4v) is 4.44. The Hall–Kier alpha value is -4.09. The minimum atomic E-state index is -4.85. The molecule has 1 N–H and O–H groups in total. The van der Waals surface area contributed by atoms with Crippen molar-refractivity contribution in [3.8, 4) is 28.5 Å². The van der Waals surface area contributed by atoms with E-state index < -0.39 is 24.4 Å². The summed E-state index contributed by atoms with van der Waals surface area (Å²) in [7, 11) is 0. The van der Waals surface area contributed by atoms with Crippen LogP contribution in [-0.2, 0) is 22.4 Å². The Morgan fingerprint density at radius 2 is 2.08 bits per heavy atom. The molecule has 2 amide bonds. The van der Waals surface area contributed by atoms with E-state index >= 15 is 0 Å². The van der Waals surface area contributed by atoms with Gasteiger partial charge in [0.2, 0.25) is 11.8 Å². The lowest BCUT2D eigenvalue weighted by Crippen LogP contribution is -2.33. The molecule has 3 aromatic rings. The van der Waals surface area contributed by atoms with Crippen LogP contribution in [0.1, 0.15) is 24.5 Å². The molecule has 2 aliphatic rings. The normalized spacial score (nSPS) is 17.2. The number of fused-ring (bicyclic) bond motifs is 3. The molecule has 0 radical (unpaired) electrons. The largest absolute Gasteiger partial charge is 0.574 e. The maximum absolute atomic E-state index is 12.6. The first kappa shape index (κ1) is 23.6. The predicted octanol–water partition coefficient (Wildman–Crippen LogP) is 4.25. The molecule has 0 bridgehead atoms. The van der Waals surface area contributed by atoms with Crippen LogP contribution >= 0.6 is 0 Å². The topological polar surface area (TPSA) is 107 Å². The first-order valence-corrected chi connectivity index (χ1v) is 11.2. The van der Waals surface area contributed by atoms with Gasteiger partial charge in [0.25, 0.3) is 0 Å². The molecule has 5 rings (SSSR count). The number of aromatic nitrogens is 2. The van der Waals surface area contributed by atoms with Gasteiger partial charge in [0.15, 0.2) is 5.76 Å². The van der Waals surface area contributed by atoms with E-state index in [1.54, 1.807) is 12.1 Å². The van der Waals surface area contributed by atoms with Crippen molar-refractivity contribution < 1.29 is 36.8 Å². The zero-order chi connectivity index (χ0) is 25.4. The number of anilines is 1. The molecule has 1 atom stereocenters. The van der Waals surface area contributed by atoms with E-state index in [0.717, 1.165) is 23.1 Å². The number of carbonyl (C=O) groups excluding carboxylic acids is 2. The van der Waals surface area contributed by atoms with Crippen molar-refractivity contribution in [3.63, 3.8) is 0 Å². The number of pyridine rings is 1. The highest BCUT2D eigenvalue weighted by Gasteiger charge is 2.34. The van der Waals surface area contributed by atoms with Gasteiger partial charge in [-0.1, -0.05) is 5.16 Å². The molecule has 1 saturated heterocycles. The summed E-state index contributed by atoms with van der Waals surface area (Å²) in [6.07, 6.45) is -2.53. The zero-order valence-electron chi connectivity index (χ0n) is 19.1. The monoisotopic (exact) mass is 502 g/mol. The number of carbonyl (C=O) groups is 2. The SMILES string of the molecule is CC(=O)NCC1CN(c2ccc3c(c2)CCCc2c(-c4ccnc(OC(F)(F)F)c4)noc2-3)C(=O)O1. The third-order valence-electron chi connectivity index (χ3n) is 5.99. The molecule has 12 heteroatoms. The van der Waals surface area contributed by atoms with Crippen LogP contribution in [0.15, 0.2) is 41.1 Å². The molecule has 0 saturated carbocycles. The zero-order valence-corrected chi connectivity index (χ0v) is 19.1. The molecule has 2 aromatic heterocycles. The number of hydrogen-bond acceptors (Lipinski definition) is 7. The molecule has 1 unspecified atom stereocenters. The van der Waals surface area contributed by atoms with E-state index in [0.29, 0.717) is 42.1 Å². The van der Waals surface area contributed by atoms with Crippen LogP contribution < -0.4 is 15.0 Å². The van der Waals surface area contributed by atoms with Crippen molar-refractivity contribution >= 4 is 17.7 Å². The maximum Gasteiger partial charge on any atom is 0.574 e. The summed E-state index contributed by atoms with van der Waals surface area (Å²) in [6.45, 7) is 1.94. The summed E-state index contributed by atoms with van der Waals surface area (Å²) in [5, 5.41) is 6.79. The van der Waals surface area contributed by atoms with E-state index in [-0.39, 0.29) is 12.5 Å². The molecular weight excluding hydrogens is 481 g/mol. The number of benzene rings is 1. The minimum Gasteiger partial charge on any atom is -0.442 e. The summed E-state index contributed by atoms with van der Waals surface area (Å²) in [5.74, 6) is -0.246. The van der Waals surface area contributed by atoms with Crippen LogP contribution in [0.25, 0.3) is 22.6 Å². The summed E-state index contributed by atoms with van der Waals surface area (Å²) >= 11 is 0. The fourth-order valence-electron chi connectivity index (χ4n) is 4.44. The van der Waals surface area contributed by atoms with Crippen molar-refractivity contribution in [2.45, 2.75) is 38.7 Å². The Bertz CT molecular complexity index is 1320. The Kier molecular flexibility index (Phi) is 6.02. The van der Waals surface area contributed by atoms with Crippen molar-refractivity contribution in [2.75, 3.05) is 18.0 Å².